The summed E-state index contributed by atoms with van der Waals surface area (Å²) in [6.45, 7) is 3.88. The summed E-state index contributed by atoms with van der Waals surface area (Å²) in [5.41, 5.74) is 3.06. The van der Waals surface area contributed by atoms with Crippen LogP contribution in [0.25, 0.3) is 0 Å². The second-order valence-corrected chi connectivity index (χ2v) is 3.01. The van der Waals surface area contributed by atoms with Crippen molar-refractivity contribution in [3.63, 3.8) is 0 Å². The number of para-hydroxylation sites is 1. The predicted octanol–water partition coefficient (Wildman–Crippen LogP) is 2.38. The van der Waals surface area contributed by atoms with Crippen molar-refractivity contribution < 1.29 is 9.90 Å². The summed E-state index contributed by atoms with van der Waals surface area (Å²) in [7, 11) is 0. The van der Waals surface area contributed by atoms with Gasteiger partial charge in [-0.2, -0.15) is 0 Å². The van der Waals surface area contributed by atoms with Crippen LogP contribution in [-0.2, 0) is 4.79 Å². The van der Waals surface area contributed by atoms with E-state index in [0.29, 0.717) is 0 Å². The monoisotopic (exact) mass is 259 g/mol. The molecule has 0 bridgehead atoms. The average molecular weight is 260 g/mol. The molecule has 78 valence electrons. The third kappa shape index (κ3) is 3.38. The van der Waals surface area contributed by atoms with E-state index >= 15 is 0 Å². The lowest BCUT2D eigenvalue weighted by molar-refractivity contribution is -0.134. The van der Waals surface area contributed by atoms with Gasteiger partial charge in [-0.15, -0.1) is 17.0 Å². The Labute approximate surface area is 93.9 Å². The number of aryl methyl sites for hydroxylation is 2. The first kappa shape index (κ1) is 13.0. The minimum atomic E-state index is -0.845. The molecule has 0 aliphatic heterocycles. The predicted molar refractivity (Wildman–Crippen MR) is 62.4 cm³/mol. The zero-order chi connectivity index (χ0) is 9.84. The number of carboxylic acid groups (broad SMARTS) is 1. The highest BCUT2D eigenvalue weighted by Gasteiger charge is 2.02. The zero-order valence-electron chi connectivity index (χ0n) is 8.20. The number of rotatable bonds is 3. The molecular formula is C10H14BrNO2. The molecule has 0 aliphatic rings. The van der Waals surface area contributed by atoms with Crippen LogP contribution in [-0.4, -0.2) is 17.6 Å². The van der Waals surface area contributed by atoms with Crippen molar-refractivity contribution in [3.05, 3.63) is 29.3 Å². The van der Waals surface area contributed by atoms with Gasteiger partial charge in [-0.1, -0.05) is 18.2 Å². The van der Waals surface area contributed by atoms with Gasteiger partial charge in [0.1, 0.15) is 6.54 Å². The summed E-state index contributed by atoms with van der Waals surface area (Å²) in [5.74, 6) is -0.845. The number of nitrogens with one attached hydrogen (secondary N) is 1. The van der Waals surface area contributed by atoms with E-state index < -0.39 is 5.97 Å². The van der Waals surface area contributed by atoms with Crippen LogP contribution in [0.5, 0.6) is 0 Å². The van der Waals surface area contributed by atoms with Gasteiger partial charge in [0.2, 0.25) is 0 Å². The van der Waals surface area contributed by atoms with Crippen molar-refractivity contribution in [2.45, 2.75) is 13.8 Å². The standard InChI is InChI=1S/C10H13NO2.BrH/c1-7-4-3-5-8(2)10(7)11-6-9(12)13;/h3-5,11H,6H2,1-2H3,(H,12,13);1H. The summed E-state index contributed by atoms with van der Waals surface area (Å²) < 4.78 is 0. The smallest absolute Gasteiger partial charge is 0.322 e. The number of anilines is 1. The SMILES string of the molecule is Br.Cc1cccc(C)c1NCC(=O)O. The molecule has 0 spiro atoms. The number of benzene rings is 1. The lowest BCUT2D eigenvalue weighted by Crippen LogP contribution is -2.13. The highest BCUT2D eigenvalue weighted by Crippen LogP contribution is 2.18. The number of carbonyl (C=O) groups is 1. The van der Waals surface area contributed by atoms with Crippen molar-refractivity contribution >= 4 is 28.6 Å². The molecule has 0 radical (unpaired) electrons. The summed E-state index contributed by atoms with van der Waals surface area (Å²) >= 11 is 0. The molecule has 0 heterocycles. The molecule has 0 aromatic heterocycles. The molecule has 0 fully saturated rings. The average Bonchev–Trinajstić information content (AvgIpc) is 2.03. The molecule has 3 nitrogen and oxygen atoms in total. The number of aliphatic carboxylic acids is 1. The minimum absolute atomic E-state index is 0. The fraction of sp³-hybridized carbons (Fsp3) is 0.300. The van der Waals surface area contributed by atoms with Crippen LogP contribution in [0.2, 0.25) is 0 Å². The molecule has 0 saturated heterocycles. The van der Waals surface area contributed by atoms with E-state index in [0.717, 1.165) is 16.8 Å². The van der Waals surface area contributed by atoms with Gasteiger partial charge in [0.25, 0.3) is 0 Å². The fourth-order valence-corrected chi connectivity index (χ4v) is 1.26. The molecule has 14 heavy (non-hydrogen) atoms. The Morgan fingerprint density at radius 1 is 1.36 bits per heavy atom. The lowest BCUT2D eigenvalue weighted by atomic mass is 10.1. The zero-order valence-corrected chi connectivity index (χ0v) is 9.92. The minimum Gasteiger partial charge on any atom is -0.480 e. The molecule has 0 amide bonds. The quantitative estimate of drug-likeness (QED) is 0.877. The van der Waals surface area contributed by atoms with Gasteiger partial charge in [0, 0.05) is 5.69 Å². The molecule has 0 unspecified atom stereocenters. The first-order valence-electron chi connectivity index (χ1n) is 4.13. The van der Waals surface area contributed by atoms with E-state index in [2.05, 4.69) is 5.32 Å². The Hall–Kier alpha value is -1.03. The maximum absolute atomic E-state index is 10.3. The summed E-state index contributed by atoms with van der Waals surface area (Å²) in [5, 5.41) is 11.4. The molecule has 0 atom stereocenters. The van der Waals surface area contributed by atoms with Crippen LogP contribution in [0.4, 0.5) is 5.69 Å². The number of carboxylic acids is 1. The molecule has 0 aliphatic carbocycles. The molecule has 1 rings (SSSR count). The maximum Gasteiger partial charge on any atom is 0.322 e. The largest absolute Gasteiger partial charge is 0.480 e. The summed E-state index contributed by atoms with van der Waals surface area (Å²) in [4.78, 5) is 10.3. The molecule has 1 aromatic rings. The Kier molecular flexibility index (Phi) is 5.23. The van der Waals surface area contributed by atoms with Crippen molar-refractivity contribution in [1.82, 2.24) is 0 Å². The third-order valence-corrected chi connectivity index (χ3v) is 1.90. The second kappa shape index (κ2) is 5.65. The number of hydrogen-bond acceptors (Lipinski definition) is 2. The van der Waals surface area contributed by atoms with Crippen LogP contribution in [0.3, 0.4) is 0 Å². The first-order valence-corrected chi connectivity index (χ1v) is 4.13. The van der Waals surface area contributed by atoms with Crippen molar-refractivity contribution in [3.8, 4) is 0 Å². The van der Waals surface area contributed by atoms with Crippen molar-refractivity contribution in [2.24, 2.45) is 0 Å². The molecule has 2 N–H and O–H groups in total. The van der Waals surface area contributed by atoms with E-state index in [1.807, 2.05) is 32.0 Å². The van der Waals surface area contributed by atoms with E-state index in [9.17, 15) is 4.79 Å². The van der Waals surface area contributed by atoms with Gasteiger partial charge in [-0.05, 0) is 25.0 Å². The topological polar surface area (TPSA) is 49.3 Å². The molecule has 1 aromatic carbocycles. The van der Waals surface area contributed by atoms with Crippen LogP contribution in [0.1, 0.15) is 11.1 Å². The van der Waals surface area contributed by atoms with Gasteiger partial charge in [-0.3, -0.25) is 4.79 Å². The van der Waals surface area contributed by atoms with E-state index in [4.69, 9.17) is 5.11 Å². The Morgan fingerprint density at radius 2 is 1.86 bits per heavy atom. The van der Waals surface area contributed by atoms with Gasteiger partial charge < -0.3 is 10.4 Å². The van der Waals surface area contributed by atoms with Crippen LogP contribution in [0.15, 0.2) is 18.2 Å². The highest BCUT2D eigenvalue weighted by molar-refractivity contribution is 8.93. The first-order chi connectivity index (χ1) is 6.11. The fourth-order valence-electron chi connectivity index (χ4n) is 1.26. The van der Waals surface area contributed by atoms with Crippen molar-refractivity contribution in [2.75, 3.05) is 11.9 Å². The van der Waals surface area contributed by atoms with Crippen LogP contribution < -0.4 is 5.32 Å². The van der Waals surface area contributed by atoms with Gasteiger partial charge >= 0.3 is 5.97 Å². The molecular weight excluding hydrogens is 246 g/mol. The molecule has 0 saturated carbocycles. The second-order valence-electron chi connectivity index (χ2n) is 3.01. The summed E-state index contributed by atoms with van der Waals surface area (Å²) in [6.07, 6.45) is 0. The van der Waals surface area contributed by atoms with E-state index in [1.54, 1.807) is 0 Å². The Morgan fingerprint density at radius 3 is 2.29 bits per heavy atom. The van der Waals surface area contributed by atoms with Gasteiger partial charge in [0.05, 0.1) is 0 Å². The lowest BCUT2D eigenvalue weighted by Gasteiger charge is -2.10. The highest BCUT2D eigenvalue weighted by atomic mass is 79.9. The normalized spacial score (nSPS) is 9.00. The molecule has 4 heteroatoms. The summed E-state index contributed by atoms with van der Waals surface area (Å²) in [6, 6.07) is 5.87. The van der Waals surface area contributed by atoms with Crippen molar-refractivity contribution in [1.29, 1.82) is 0 Å². The maximum atomic E-state index is 10.3. The number of halogens is 1. The van der Waals surface area contributed by atoms with Gasteiger partial charge in [-0.25, -0.2) is 0 Å². The number of hydrogen-bond donors (Lipinski definition) is 2. The Balaban J connectivity index is 0.00000169. The van der Waals surface area contributed by atoms with Crippen LogP contribution in [0, 0.1) is 13.8 Å². The van der Waals surface area contributed by atoms with E-state index in [-0.39, 0.29) is 23.5 Å². The van der Waals surface area contributed by atoms with Crippen LogP contribution >= 0.6 is 17.0 Å². The van der Waals surface area contributed by atoms with E-state index in [1.165, 1.54) is 0 Å². The van der Waals surface area contributed by atoms with Gasteiger partial charge in [0.15, 0.2) is 0 Å². The Bertz CT molecular complexity index is 306. The third-order valence-electron chi connectivity index (χ3n) is 1.90.